The van der Waals surface area contributed by atoms with Gasteiger partial charge in [-0.25, -0.2) is 9.37 Å². The zero-order valence-electron chi connectivity index (χ0n) is 7.71. The van der Waals surface area contributed by atoms with Crippen LogP contribution < -0.4 is 5.43 Å². The Morgan fingerprint density at radius 2 is 2.38 bits per heavy atom. The number of halogens is 1. The summed E-state index contributed by atoms with van der Waals surface area (Å²) in [6, 6.07) is 2.88. The maximum Gasteiger partial charge on any atom is 0.146 e. The van der Waals surface area contributed by atoms with E-state index in [1.54, 1.807) is 6.07 Å². The summed E-state index contributed by atoms with van der Waals surface area (Å²) in [5.41, 5.74) is 3.71. The van der Waals surface area contributed by atoms with Gasteiger partial charge in [0.15, 0.2) is 0 Å². The average molecular weight is 181 g/mol. The summed E-state index contributed by atoms with van der Waals surface area (Å²) >= 11 is 0. The first-order valence-electron chi connectivity index (χ1n) is 4.13. The quantitative estimate of drug-likeness (QED) is 0.574. The Balaban J connectivity index is 2.60. The number of hydrazone groups is 1. The molecule has 1 aromatic rings. The molecular weight excluding hydrogens is 169 g/mol. The molecule has 0 aromatic carbocycles. The van der Waals surface area contributed by atoms with Crippen LogP contribution in [0.5, 0.6) is 0 Å². The minimum atomic E-state index is -0.346. The van der Waals surface area contributed by atoms with E-state index in [-0.39, 0.29) is 5.82 Å². The Labute approximate surface area is 76.7 Å². The van der Waals surface area contributed by atoms with Crippen molar-refractivity contribution < 1.29 is 4.39 Å². The second kappa shape index (κ2) is 4.54. The first kappa shape index (κ1) is 9.64. The van der Waals surface area contributed by atoms with Gasteiger partial charge in [0.05, 0.1) is 6.20 Å². The summed E-state index contributed by atoms with van der Waals surface area (Å²) in [6.07, 6.45) is 2.04. The molecule has 1 aromatic heterocycles. The molecule has 3 nitrogen and oxygen atoms in total. The molecule has 1 heterocycles. The number of pyridine rings is 1. The lowest BCUT2D eigenvalue weighted by molar-refractivity contribution is 0.622. The highest BCUT2D eigenvalue weighted by molar-refractivity contribution is 5.82. The molecule has 4 heteroatoms. The number of hydrogen-bond donors (Lipinski definition) is 1. The highest BCUT2D eigenvalue weighted by Crippen LogP contribution is 2.03. The number of aromatic nitrogens is 1. The molecule has 0 unspecified atom stereocenters. The standard InChI is InChI=1S/C9H12FN3/c1-3-7(2)12-13-9-5-4-8(10)6-11-9/h4-6H,3H2,1-2H3,(H,11,13)/b12-7+. The van der Waals surface area contributed by atoms with Gasteiger partial charge in [-0.15, -0.1) is 0 Å². The number of anilines is 1. The van der Waals surface area contributed by atoms with Gasteiger partial charge in [0.1, 0.15) is 11.6 Å². The predicted molar refractivity (Wildman–Crippen MR) is 51.2 cm³/mol. The van der Waals surface area contributed by atoms with E-state index >= 15 is 0 Å². The lowest BCUT2D eigenvalue weighted by atomic mass is 10.3. The van der Waals surface area contributed by atoms with Crippen LogP contribution in [0.15, 0.2) is 23.4 Å². The van der Waals surface area contributed by atoms with Crippen molar-refractivity contribution in [3.8, 4) is 0 Å². The van der Waals surface area contributed by atoms with Gasteiger partial charge in [0, 0.05) is 5.71 Å². The molecule has 13 heavy (non-hydrogen) atoms. The molecule has 0 amide bonds. The maximum absolute atomic E-state index is 12.4. The Bertz CT molecular complexity index is 292. The Hall–Kier alpha value is -1.45. The smallest absolute Gasteiger partial charge is 0.146 e. The van der Waals surface area contributed by atoms with Gasteiger partial charge in [0.25, 0.3) is 0 Å². The molecule has 0 aliphatic heterocycles. The van der Waals surface area contributed by atoms with E-state index in [0.29, 0.717) is 5.82 Å². The Morgan fingerprint density at radius 3 is 2.92 bits per heavy atom. The third-order valence-corrected chi connectivity index (χ3v) is 1.60. The van der Waals surface area contributed by atoms with Crippen LogP contribution in [-0.2, 0) is 0 Å². The minimum absolute atomic E-state index is 0.346. The SMILES string of the molecule is CC/C(C)=N/Nc1ccc(F)cn1. The molecule has 0 atom stereocenters. The molecule has 0 aliphatic rings. The van der Waals surface area contributed by atoms with E-state index in [2.05, 4.69) is 15.5 Å². The molecular formula is C9H12FN3. The summed E-state index contributed by atoms with van der Waals surface area (Å²) in [4.78, 5) is 3.79. The summed E-state index contributed by atoms with van der Waals surface area (Å²) in [6.45, 7) is 3.93. The summed E-state index contributed by atoms with van der Waals surface area (Å²) in [7, 11) is 0. The fourth-order valence-corrected chi connectivity index (χ4v) is 0.674. The zero-order chi connectivity index (χ0) is 9.68. The average Bonchev–Trinajstić information content (AvgIpc) is 2.16. The van der Waals surface area contributed by atoms with Gasteiger partial charge in [-0.1, -0.05) is 6.92 Å². The van der Waals surface area contributed by atoms with Gasteiger partial charge in [-0.2, -0.15) is 5.10 Å². The van der Waals surface area contributed by atoms with E-state index in [1.807, 2.05) is 13.8 Å². The van der Waals surface area contributed by atoms with E-state index < -0.39 is 0 Å². The fourth-order valence-electron chi connectivity index (χ4n) is 0.674. The third kappa shape index (κ3) is 3.19. The molecule has 0 saturated heterocycles. The highest BCUT2D eigenvalue weighted by atomic mass is 19.1. The first-order chi connectivity index (χ1) is 6.22. The number of hydrogen-bond acceptors (Lipinski definition) is 3. The van der Waals surface area contributed by atoms with E-state index in [9.17, 15) is 4.39 Å². The molecule has 0 fully saturated rings. The van der Waals surface area contributed by atoms with Crippen LogP contribution in [-0.4, -0.2) is 10.7 Å². The van der Waals surface area contributed by atoms with Crippen LogP contribution >= 0.6 is 0 Å². The molecule has 0 spiro atoms. The van der Waals surface area contributed by atoms with Crippen LogP contribution in [0, 0.1) is 5.82 Å². The van der Waals surface area contributed by atoms with Crippen LogP contribution in [0.1, 0.15) is 20.3 Å². The first-order valence-corrected chi connectivity index (χ1v) is 4.13. The molecule has 1 N–H and O–H groups in total. The van der Waals surface area contributed by atoms with Crippen molar-refractivity contribution in [1.29, 1.82) is 0 Å². The number of rotatable bonds is 3. The lowest BCUT2D eigenvalue weighted by Gasteiger charge is -1.99. The van der Waals surface area contributed by atoms with Crippen LogP contribution in [0.4, 0.5) is 10.2 Å². The Kier molecular flexibility index (Phi) is 3.37. The van der Waals surface area contributed by atoms with Crippen molar-refractivity contribution in [2.45, 2.75) is 20.3 Å². The summed E-state index contributed by atoms with van der Waals surface area (Å²) in [5.74, 6) is 0.205. The van der Waals surface area contributed by atoms with E-state index in [4.69, 9.17) is 0 Å². The molecule has 1 rings (SSSR count). The molecule has 0 bridgehead atoms. The van der Waals surface area contributed by atoms with Crippen molar-refractivity contribution in [3.63, 3.8) is 0 Å². The van der Waals surface area contributed by atoms with Crippen LogP contribution in [0.2, 0.25) is 0 Å². The molecule has 0 radical (unpaired) electrons. The van der Waals surface area contributed by atoms with Gasteiger partial charge in [-0.3, -0.25) is 5.43 Å². The second-order valence-corrected chi connectivity index (χ2v) is 2.67. The lowest BCUT2D eigenvalue weighted by Crippen LogP contribution is -1.97. The third-order valence-electron chi connectivity index (χ3n) is 1.60. The fraction of sp³-hybridized carbons (Fsp3) is 0.333. The highest BCUT2D eigenvalue weighted by Gasteiger charge is 1.92. The van der Waals surface area contributed by atoms with Gasteiger partial charge < -0.3 is 0 Å². The summed E-state index contributed by atoms with van der Waals surface area (Å²) < 4.78 is 12.4. The number of nitrogens with zero attached hydrogens (tertiary/aromatic N) is 2. The molecule has 0 saturated carbocycles. The van der Waals surface area contributed by atoms with E-state index in [0.717, 1.165) is 18.3 Å². The number of nitrogens with one attached hydrogen (secondary N) is 1. The monoisotopic (exact) mass is 181 g/mol. The van der Waals surface area contributed by atoms with Crippen molar-refractivity contribution in [3.05, 3.63) is 24.1 Å². The molecule has 0 aliphatic carbocycles. The van der Waals surface area contributed by atoms with Crippen molar-refractivity contribution in [2.24, 2.45) is 5.10 Å². The topological polar surface area (TPSA) is 37.3 Å². The van der Waals surface area contributed by atoms with Crippen molar-refractivity contribution in [2.75, 3.05) is 5.43 Å². The maximum atomic E-state index is 12.4. The van der Waals surface area contributed by atoms with E-state index in [1.165, 1.54) is 6.07 Å². The van der Waals surface area contributed by atoms with Gasteiger partial charge >= 0.3 is 0 Å². The molecule has 70 valence electrons. The second-order valence-electron chi connectivity index (χ2n) is 2.67. The van der Waals surface area contributed by atoms with Crippen molar-refractivity contribution in [1.82, 2.24) is 4.98 Å². The van der Waals surface area contributed by atoms with Gasteiger partial charge in [0.2, 0.25) is 0 Å². The Morgan fingerprint density at radius 1 is 1.62 bits per heavy atom. The predicted octanol–water partition coefficient (Wildman–Crippen LogP) is 2.42. The minimum Gasteiger partial charge on any atom is -0.261 e. The van der Waals surface area contributed by atoms with Crippen molar-refractivity contribution >= 4 is 11.5 Å². The zero-order valence-corrected chi connectivity index (χ0v) is 7.71. The normalized spacial score (nSPS) is 11.5. The van der Waals surface area contributed by atoms with Crippen LogP contribution in [0.3, 0.4) is 0 Å². The van der Waals surface area contributed by atoms with Crippen LogP contribution in [0.25, 0.3) is 0 Å². The summed E-state index contributed by atoms with van der Waals surface area (Å²) in [5, 5.41) is 4.02. The van der Waals surface area contributed by atoms with Gasteiger partial charge in [-0.05, 0) is 25.5 Å². The largest absolute Gasteiger partial charge is 0.261 e.